The number of likely N-dealkylation sites (tertiary alicyclic amines) is 1. The first-order chi connectivity index (χ1) is 10.5. The molecule has 0 aromatic carbocycles. The molecular formula is C16H26N2O2S2. The first-order valence-corrected chi connectivity index (χ1v) is 10.6. The van der Waals surface area contributed by atoms with Crippen LogP contribution in [0.2, 0.25) is 0 Å². The van der Waals surface area contributed by atoms with Gasteiger partial charge in [0, 0.05) is 17.5 Å². The highest BCUT2D eigenvalue weighted by Crippen LogP contribution is 2.28. The van der Waals surface area contributed by atoms with E-state index in [4.69, 9.17) is 0 Å². The molecule has 6 heteroatoms. The van der Waals surface area contributed by atoms with Gasteiger partial charge < -0.3 is 4.90 Å². The highest BCUT2D eigenvalue weighted by Gasteiger charge is 2.27. The van der Waals surface area contributed by atoms with E-state index in [-0.39, 0.29) is 0 Å². The van der Waals surface area contributed by atoms with Gasteiger partial charge >= 0.3 is 0 Å². The molecule has 22 heavy (non-hydrogen) atoms. The number of rotatable bonds is 5. The van der Waals surface area contributed by atoms with Gasteiger partial charge in [0.2, 0.25) is 10.0 Å². The summed E-state index contributed by atoms with van der Waals surface area (Å²) in [6.45, 7) is 4.78. The van der Waals surface area contributed by atoms with Crippen molar-refractivity contribution in [2.24, 2.45) is 5.92 Å². The van der Waals surface area contributed by atoms with Gasteiger partial charge in [-0.1, -0.05) is 12.8 Å². The monoisotopic (exact) mass is 342 g/mol. The van der Waals surface area contributed by atoms with Gasteiger partial charge in [-0.05, 0) is 63.7 Å². The number of aryl methyl sites for hydroxylation is 1. The van der Waals surface area contributed by atoms with Crippen LogP contribution in [0.3, 0.4) is 0 Å². The lowest BCUT2D eigenvalue weighted by atomic mass is 9.96. The zero-order chi connectivity index (χ0) is 15.6. The van der Waals surface area contributed by atoms with Crippen molar-refractivity contribution in [3.63, 3.8) is 0 Å². The van der Waals surface area contributed by atoms with E-state index in [1.54, 1.807) is 6.07 Å². The molecule has 2 heterocycles. The zero-order valence-electron chi connectivity index (χ0n) is 13.3. The molecule has 1 aliphatic carbocycles. The third-order valence-corrected chi connectivity index (χ3v) is 7.95. The minimum Gasteiger partial charge on any atom is -0.300 e. The van der Waals surface area contributed by atoms with E-state index in [0.717, 1.165) is 36.9 Å². The molecule has 1 N–H and O–H groups in total. The Morgan fingerprint density at radius 2 is 1.86 bits per heavy atom. The van der Waals surface area contributed by atoms with E-state index in [2.05, 4.69) is 9.62 Å². The third kappa shape index (κ3) is 3.91. The molecule has 1 aromatic rings. The summed E-state index contributed by atoms with van der Waals surface area (Å²) in [6, 6.07) is 4.36. The maximum Gasteiger partial charge on any atom is 0.250 e. The van der Waals surface area contributed by atoms with Crippen molar-refractivity contribution in [3.05, 3.63) is 17.0 Å². The molecule has 0 atom stereocenters. The van der Waals surface area contributed by atoms with Crippen molar-refractivity contribution < 1.29 is 8.42 Å². The molecule has 1 saturated heterocycles. The summed E-state index contributed by atoms with van der Waals surface area (Å²) < 4.78 is 27.7. The number of nitrogens with one attached hydrogen (secondary N) is 1. The minimum atomic E-state index is -3.31. The molecule has 2 aliphatic rings. The van der Waals surface area contributed by atoms with Gasteiger partial charge in [0.05, 0.1) is 0 Å². The number of sulfonamides is 1. The maximum atomic E-state index is 12.3. The van der Waals surface area contributed by atoms with Crippen molar-refractivity contribution in [1.82, 2.24) is 9.62 Å². The Kier molecular flexibility index (Phi) is 5.22. The molecule has 0 bridgehead atoms. The lowest BCUT2D eigenvalue weighted by molar-refractivity contribution is 0.135. The van der Waals surface area contributed by atoms with Gasteiger partial charge in [-0.15, -0.1) is 11.3 Å². The second kappa shape index (κ2) is 6.99. The molecule has 1 aliphatic heterocycles. The lowest BCUT2D eigenvalue weighted by Gasteiger charge is -2.36. The van der Waals surface area contributed by atoms with Crippen LogP contribution in [0, 0.1) is 12.8 Å². The van der Waals surface area contributed by atoms with Crippen LogP contribution in [0.25, 0.3) is 0 Å². The van der Waals surface area contributed by atoms with E-state index >= 15 is 0 Å². The molecule has 0 unspecified atom stereocenters. The Bertz CT molecular complexity index is 583. The van der Waals surface area contributed by atoms with Crippen LogP contribution >= 0.6 is 11.3 Å². The summed E-state index contributed by atoms with van der Waals surface area (Å²) in [7, 11) is -3.31. The lowest BCUT2D eigenvalue weighted by Crippen LogP contribution is -2.42. The average molecular weight is 343 g/mol. The van der Waals surface area contributed by atoms with Crippen LogP contribution in [0.4, 0.5) is 0 Å². The smallest absolute Gasteiger partial charge is 0.250 e. The van der Waals surface area contributed by atoms with Gasteiger partial charge in [-0.25, -0.2) is 13.1 Å². The SMILES string of the molecule is Cc1ccc(S(=O)(=O)NCC2CCN(C3CCCC3)CC2)s1. The van der Waals surface area contributed by atoms with Gasteiger partial charge in [0.1, 0.15) is 4.21 Å². The van der Waals surface area contributed by atoms with Crippen LogP contribution in [0.5, 0.6) is 0 Å². The summed E-state index contributed by atoms with van der Waals surface area (Å²) >= 11 is 1.34. The van der Waals surface area contributed by atoms with E-state index in [1.165, 1.54) is 37.0 Å². The van der Waals surface area contributed by atoms with Crippen molar-refractivity contribution >= 4 is 21.4 Å². The Morgan fingerprint density at radius 3 is 2.45 bits per heavy atom. The number of piperidine rings is 1. The predicted molar refractivity (Wildman–Crippen MR) is 90.8 cm³/mol. The second-order valence-corrected chi connectivity index (χ2v) is 9.92. The Hall–Kier alpha value is -0.430. The molecule has 1 saturated carbocycles. The van der Waals surface area contributed by atoms with Crippen LogP contribution in [0.1, 0.15) is 43.4 Å². The first-order valence-electron chi connectivity index (χ1n) is 8.35. The summed E-state index contributed by atoms with van der Waals surface area (Å²) in [6.07, 6.45) is 7.70. The Morgan fingerprint density at radius 1 is 1.18 bits per heavy atom. The minimum absolute atomic E-state index is 0.438. The number of thiophene rings is 1. The molecule has 1 aromatic heterocycles. The molecule has 124 valence electrons. The highest BCUT2D eigenvalue weighted by molar-refractivity contribution is 7.91. The molecule has 0 amide bonds. The fourth-order valence-electron chi connectivity index (χ4n) is 3.65. The second-order valence-electron chi connectivity index (χ2n) is 6.63. The van der Waals surface area contributed by atoms with E-state index < -0.39 is 10.0 Å². The van der Waals surface area contributed by atoms with E-state index in [9.17, 15) is 8.42 Å². The number of hydrogen-bond donors (Lipinski definition) is 1. The fourth-order valence-corrected chi connectivity index (χ4v) is 6.09. The summed E-state index contributed by atoms with van der Waals surface area (Å²) in [5, 5.41) is 0. The molecule has 3 rings (SSSR count). The number of hydrogen-bond acceptors (Lipinski definition) is 4. The largest absolute Gasteiger partial charge is 0.300 e. The van der Waals surface area contributed by atoms with Crippen molar-refractivity contribution in [2.45, 2.75) is 55.7 Å². The topological polar surface area (TPSA) is 49.4 Å². The zero-order valence-corrected chi connectivity index (χ0v) is 14.9. The molecule has 4 nitrogen and oxygen atoms in total. The first kappa shape index (κ1) is 16.4. The predicted octanol–water partition coefficient (Wildman–Crippen LogP) is 2.99. The summed E-state index contributed by atoms with van der Waals surface area (Å²) in [5.74, 6) is 0.480. The van der Waals surface area contributed by atoms with Gasteiger partial charge in [-0.3, -0.25) is 0 Å². The van der Waals surface area contributed by atoms with Gasteiger partial charge in [-0.2, -0.15) is 0 Å². The standard InChI is InChI=1S/C16H26N2O2S2/c1-13-6-7-16(21-13)22(19,20)17-12-14-8-10-18(11-9-14)15-4-2-3-5-15/h6-7,14-15,17H,2-5,8-12H2,1H3. The van der Waals surface area contributed by atoms with Gasteiger partial charge in [0.25, 0.3) is 0 Å². The Labute approximate surface area is 138 Å². The van der Waals surface area contributed by atoms with Crippen LogP contribution in [-0.2, 0) is 10.0 Å². The van der Waals surface area contributed by atoms with Crippen molar-refractivity contribution in [3.8, 4) is 0 Å². The maximum absolute atomic E-state index is 12.3. The highest BCUT2D eigenvalue weighted by atomic mass is 32.2. The van der Waals surface area contributed by atoms with Crippen molar-refractivity contribution in [1.29, 1.82) is 0 Å². The van der Waals surface area contributed by atoms with Crippen LogP contribution < -0.4 is 4.72 Å². The van der Waals surface area contributed by atoms with Gasteiger partial charge in [0.15, 0.2) is 0 Å². The molecule has 0 spiro atoms. The third-order valence-electron chi connectivity index (χ3n) is 5.03. The quantitative estimate of drug-likeness (QED) is 0.895. The summed E-state index contributed by atoms with van der Waals surface area (Å²) in [4.78, 5) is 3.66. The van der Waals surface area contributed by atoms with Crippen molar-refractivity contribution in [2.75, 3.05) is 19.6 Å². The normalized spacial score (nSPS) is 22.4. The molecular weight excluding hydrogens is 316 g/mol. The molecule has 0 radical (unpaired) electrons. The van der Waals surface area contributed by atoms with E-state index in [0.29, 0.717) is 16.7 Å². The fraction of sp³-hybridized carbons (Fsp3) is 0.750. The van der Waals surface area contributed by atoms with E-state index in [1.807, 2.05) is 13.0 Å². The number of nitrogens with zero attached hydrogens (tertiary/aromatic N) is 1. The average Bonchev–Trinajstić information content (AvgIpc) is 3.17. The molecule has 2 fully saturated rings. The Balaban J connectivity index is 1.47. The summed E-state index contributed by atoms with van der Waals surface area (Å²) in [5.41, 5.74) is 0. The van der Waals surface area contributed by atoms with Crippen LogP contribution in [-0.4, -0.2) is 39.0 Å². The van der Waals surface area contributed by atoms with Crippen LogP contribution in [0.15, 0.2) is 16.3 Å².